The Morgan fingerprint density at radius 3 is 2.25 bits per heavy atom. The minimum absolute atomic E-state index is 0.336. The standard InChI is InChI=1S/C15H23BN2O2/c1-14(2)15(3,4)20-16(19-14)12-9-8-11(17)13(18-12)10-6-5-7-10/h8-10H,5-7,17H2,1-4H3. The van der Waals surface area contributed by atoms with Crippen LogP contribution >= 0.6 is 0 Å². The van der Waals surface area contributed by atoms with E-state index < -0.39 is 7.12 Å². The first-order chi connectivity index (χ1) is 9.30. The highest BCUT2D eigenvalue weighted by molar-refractivity contribution is 6.61. The summed E-state index contributed by atoms with van der Waals surface area (Å²) in [7, 11) is -0.403. The Morgan fingerprint density at radius 2 is 1.75 bits per heavy atom. The first-order valence-electron chi connectivity index (χ1n) is 7.42. The van der Waals surface area contributed by atoms with Crippen LogP contribution in [-0.2, 0) is 9.31 Å². The summed E-state index contributed by atoms with van der Waals surface area (Å²) in [5.41, 5.74) is 8.03. The van der Waals surface area contributed by atoms with Crippen LogP contribution in [0.25, 0.3) is 0 Å². The third-order valence-corrected chi connectivity index (χ3v) is 4.97. The van der Waals surface area contributed by atoms with Crippen molar-refractivity contribution in [1.82, 2.24) is 4.98 Å². The van der Waals surface area contributed by atoms with Crippen molar-refractivity contribution in [1.29, 1.82) is 0 Å². The molecule has 1 saturated carbocycles. The molecule has 0 bridgehead atoms. The van der Waals surface area contributed by atoms with Crippen molar-refractivity contribution in [3.63, 3.8) is 0 Å². The molecule has 1 aliphatic heterocycles. The molecule has 5 heteroatoms. The molecule has 0 spiro atoms. The Labute approximate surface area is 121 Å². The van der Waals surface area contributed by atoms with Crippen LogP contribution in [0, 0.1) is 0 Å². The van der Waals surface area contributed by atoms with Crippen molar-refractivity contribution in [3.8, 4) is 0 Å². The van der Waals surface area contributed by atoms with Gasteiger partial charge in [-0.15, -0.1) is 0 Å². The van der Waals surface area contributed by atoms with E-state index >= 15 is 0 Å². The van der Waals surface area contributed by atoms with Crippen molar-refractivity contribution in [2.24, 2.45) is 0 Å². The molecular formula is C15H23BN2O2. The van der Waals surface area contributed by atoms with Gasteiger partial charge in [0.05, 0.1) is 28.2 Å². The number of hydrogen-bond acceptors (Lipinski definition) is 4. The molecule has 0 radical (unpaired) electrons. The second kappa shape index (κ2) is 4.47. The maximum Gasteiger partial charge on any atom is 0.514 e. The Hall–Kier alpha value is -1.07. The minimum Gasteiger partial charge on any atom is -0.398 e. The molecule has 1 saturated heterocycles. The lowest BCUT2D eigenvalue weighted by atomic mass is 9.79. The lowest BCUT2D eigenvalue weighted by Crippen LogP contribution is -2.41. The molecule has 0 atom stereocenters. The van der Waals surface area contributed by atoms with Crippen LogP contribution in [0.3, 0.4) is 0 Å². The number of rotatable bonds is 2. The van der Waals surface area contributed by atoms with E-state index in [2.05, 4.69) is 27.7 Å². The third kappa shape index (κ3) is 2.13. The topological polar surface area (TPSA) is 57.4 Å². The summed E-state index contributed by atoms with van der Waals surface area (Å²) in [5.74, 6) is 0.511. The van der Waals surface area contributed by atoms with Gasteiger partial charge in [0.1, 0.15) is 0 Å². The molecule has 0 unspecified atom stereocenters. The molecule has 4 nitrogen and oxygen atoms in total. The summed E-state index contributed by atoms with van der Waals surface area (Å²) in [4.78, 5) is 4.73. The van der Waals surface area contributed by atoms with E-state index in [1.807, 2.05) is 12.1 Å². The quantitative estimate of drug-likeness (QED) is 0.840. The second-order valence-corrected chi connectivity index (χ2v) is 6.93. The Bertz CT molecular complexity index is 511. The van der Waals surface area contributed by atoms with E-state index in [9.17, 15) is 0 Å². The lowest BCUT2D eigenvalue weighted by Gasteiger charge is -2.32. The van der Waals surface area contributed by atoms with Crippen LogP contribution in [0.15, 0.2) is 12.1 Å². The summed E-state index contributed by atoms with van der Waals surface area (Å²) in [6, 6.07) is 3.85. The molecular weight excluding hydrogens is 251 g/mol. The third-order valence-electron chi connectivity index (χ3n) is 4.97. The Kier molecular flexibility index (Phi) is 3.10. The fraction of sp³-hybridized carbons (Fsp3) is 0.667. The zero-order valence-electron chi connectivity index (χ0n) is 12.8. The van der Waals surface area contributed by atoms with Gasteiger partial charge < -0.3 is 15.0 Å². The van der Waals surface area contributed by atoms with Crippen LogP contribution in [0.1, 0.15) is 58.6 Å². The lowest BCUT2D eigenvalue weighted by molar-refractivity contribution is 0.00578. The summed E-state index contributed by atoms with van der Waals surface area (Å²) in [6.45, 7) is 8.21. The molecule has 2 fully saturated rings. The van der Waals surface area contributed by atoms with Crippen molar-refractivity contribution >= 4 is 18.4 Å². The van der Waals surface area contributed by atoms with Gasteiger partial charge in [-0.05, 0) is 52.7 Å². The monoisotopic (exact) mass is 274 g/mol. The predicted molar refractivity (Wildman–Crippen MR) is 81.0 cm³/mol. The summed E-state index contributed by atoms with van der Waals surface area (Å²) in [5, 5.41) is 0. The molecule has 0 amide bonds. The average Bonchev–Trinajstić information content (AvgIpc) is 2.49. The number of hydrogen-bond donors (Lipinski definition) is 1. The van der Waals surface area contributed by atoms with Crippen LogP contribution in [0.4, 0.5) is 5.69 Å². The fourth-order valence-corrected chi connectivity index (χ4v) is 2.61. The van der Waals surface area contributed by atoms with Crippen LogP contribution in [0.5, 0.6) is 0 Å². The van der Waals surface area contributed by atoms with Gasteiger partial charge in [0.2, 0.25) is 0 Å². The van der Waals surface area contributed by atoms with Gasteiger partial charge in [-0.1, -0.05) is 6.42 Å². The first kappa shape index (κ1) is 13.9. The molecule has 1 aromatic heterocycles. The van der Waals surface area contributed by atoms with Gasteiger partial charge in [0.25, 0.3) is 0 Å². The second-order valence-electron chi connectivity index (χ2n) is 6.93. The van der Waals surface area contributed by atoms with Crippen molar-refractivity contribution < 1.29 is 9.31 Å². The predicted octanol–water partition coefficient (Wildman–Crippen LogP) is 2.23. The molecule has 20 heavy (non-hydrogen) atoms. The maximum atomic E-state index is 6.06. The maximum absolute atomic E-state index is 6.06. The fourth-order valence-electron chi connectivity index (χ4n) is 2.61. The van der Waals surface area contributed by atoms with E-state index in [-0.39, 0.29) is 11.2 Å². The van der Waals surface area contributed by atoms with E-state index in [4.69, 9.17) is 20.0 Å². The van der Waals surface area contributed by atoms with Crippen LogP contribution < -0.4 is 11.3 Å². The largest absolute Gasteiger partial charge is 0.514 e. The van der Waals surface area contributed by atoms with Gasteiger partial charge >= 0.3 is 7.12 Å². The van der Waals surface area contributed by atoms with E-state index in [0.717, 1.165) is 17.0 Å². The highest BCUT2D eigenvalue weighted by Crippen LogP contribution is 2.39. The normalized spacial score (nSPS) is 24.7. The van der Waals surface area contributed by atoms with Crippen LogP contribution in [0.2, 0.25) is 0 Å². The number of nitrogen functional groups attached to an aromatic ring is 1. The number of pyridine rings is 1. The Balaban J connectivity index is 1.88. The summed E-state index contributed by atoms with van der Waals surface area (Å²) < 4.78 is 12.1. The molecule has 0 aromatic carbocycles. The molecule has 108 valence electrons. The van der Waals surface area contributed by atoms with Gasteiger partial charge in [-0.25, -0.2) is 0 Å². The van der Waals surface area contributed by atoms with Gasteiger partial charge in [-0.3, -0.25) is 4.98 Å². The molecule has 2 heterocycles. The molecule has 3 rings (SSSR count). The van der Waals surface area contributed by atoms with Crippen molar-refractivity contribution in [2.45, 2.75) is 64.1 Å². The summed E-state index contributed by atoms with van der Waals surface area (Å²) >= 11 is 0. The summed E-state index contributed by atoms with van der Waals surface area (Å²) in [6.07, 6.45) is 3.64. The van der Waals surface area contributed by atoms with Gasteiger partial charge in [-0.2, -0.15) is 0 Å². The zero-order valence-corrected chi connectivity index (χ0v) is 12.8. The van der Waals surface area contributed by atoms with E-state index in [0.29, 0.717) is 5.92 Å². The number of aromatic nitrogens is 1. The molecule has 1 aromatic rings. The highest BCUT2D eigenvalue weighted by Gasteiger charge is 2.52. The smallest absolute Gasteiger partial charge is 0.398 e. The SMILES string of the molecule is CC1(C)OB(c2ccc(N)c(C3CCC3)n2)OC1(C)C. The number of nitrogens with two attached hydrogens (primary N) is 1. The zero-order chi connectivity index (χ0) is 14.5. The highest BCUT2D eigenvalue weighted by atomic mass is 16.7. The number of anilines is 1. The molecule has 2 N–H and O–H groups in total. The average molecular weight is 274 g/mol. The van der Waals surface area contributed by atoms with Gasteiger partial charge in [0.15, 0.2) is 0 Å². The minimum atomic E-state index is -0.403. The number of nitrogens with zero attached hydrogens (tertiary/aromatic N) is 1. The van der Waals surface area contributed by atoms with Crippen molar-refractivity contribution in [3.05, 3.63) is 17.8 Å². The van der Waals surface area contributed by atoms with E-state index in [1.165, 1.54) is 19.3 Å². The first-order valence-corrected chi connectivity index (χ1v) is 7.42. The Morgan fingerprint density at radius 1 is 1.15 bits per heavy atom. The molecule has 2 aliphatic rings. The van der Waals surface area contributed by atoms with Gasteiger partial charge in [0, 0.05) is 5.92 Å². The van der Waals surface area contributed by atoms with Crippen molar-refractivity contribution in [2.75, 3.05) is 5.73 Å². The van der Waals surface area contributed by atoms with Crippen LogP contribution in [-0.4, -0.2) is 23.3 Å². The molecule has 1 aliphatic carbocycles. The van der Waals surface area contributed by atoms with E-state index in [1.54, 1.807) is 0 Å².